The van der Waals surface area contributed by atoms with Gasteiger partial charge in [0.15, 0.2) is 0 Å². The highest BCUT2D eigenvalue weighted by Crippen LogP contribution is 2.23. The highest BCUT2D eigenvalue weighted by Gasteiger charge is 2.29. The number of carbonyl (C=O) groups excluding carboxylic acids is 2. The largest absolute Gasteiger partial charge is 0.453 e. The van der Waals surface area contributed by atoms with Crippen LogP contribution in [0.4, 0.5) is 4.79 Å². The number of piperidine rings is 1. The molecule has 1 aromatic heterocycles. The van der Waals surface area contributed by atoms with Gasteiger partial charge in [0.25, 0.3) is 0 Å². The number of benzene rings is 1. The number of nitrogens with zero attached hydrogens (tertiary/aromatic N) is 2. The SMILES string of the molecule is COC(=O)N1CCC(C(=O)NC(c2ccccc2)c2ccccn2)CC1. The second kappa shape index (κ2) is 8.47. The van der Waals surface area contributed by atoms with Crippen LogP contribution < -0.4 is 5.32 Å². The lowest BCUT2D eigenvalue weighted by atomic mass is 9.94. The molecule has 1 N–H and O–H groups in total. The van der Waals surface area contributed by atoms with Gasteiger partial charge in [-0.2, -0.15) is 0 Å². The minimum atomic E-state index is -0.334. The van der Waals surface area contributed by atoms with Crippen molar-refractivity contribution >= 4 is 12.0 Å². The van der Waals surface area contributed by atoms with Crippen LogP contribution in [0.3, 0.4) is 0 Å². The normalized spacial score (nSPS) is 16.0. The summed E-state index contributed by atoms with van der Waals surface area (Å²) in [6.45, 7) is 1.06. The summed E-state index contributed by atoms with van der Waals surface area (Å²) in [6, 6.07) is 15.2. The number of aromatic nitrogens is 1. The van der Waals surface area contributed by atoms with Crippen LogP contribution >= 0.6 is 0 Å². The topological polar surface area (TPSA) is 71.5 Å². The van der Waals surface area contributed by atoms with Gasteiger partial charge in [-0.3, -0.25) is 9.78 Å². The van der Waals surface area contributed by atoms with Crippen molar-refractivity contribution in [1.29, 1.82) is 0 Å². The van der Waals surface area contributed by atoms with Crippen molar-refractivity contribution in [2.75, 3.05) is 20.2 Å². The van der Waals surface area contributed by atoms with Crippen molar-refractivity contribution in [1.82, 2.24) is 15.2 Å². The van der Waals surface area contributed by atoms with E-state index in [1.807, 2.05) is 48.5 Å². The minimum Gasteiger partial charge on any atom is -0.453 e. The molecule has 1 atom stereocenters. The summed E-state index contributed by atoms with van der Waals surface area (Å²) in [5.74, 6) is -0.125. The van der Waals surface area contributed by atoms with Crippen LogP contribution in [-0.2, 0) is 9.53 Å². The molecule has 0 radical (unpaired) electrons. The summed E-state index contributed by atoms with van der Waals surface area (Å²) in [5.41, 5.74) is 1.80. The first-order valence-corrected chi connectivity index (χ1v) is 8.78. The Hall–Kier alpha value is -2.89. The zero-order valence-corrected chi connectivity index (χ0v) is 14.8. The van der Waals surface area contributed by atoms with Gasteiger partial charge in [-0.1, -0.05) is 36.4 Å². The van der Waals surface area contributed by atoms with Crippen LogP contribution in [-0.4, -0.2) is 42.1 Å². The van der Waals surface area contributed by atoms with E-state index < -0.39 is 0 Å². The molecule has 1 saturated heterocycles. The van der Waals surface area contributed by atoms with Gasteiger partial charge in [0.2, 0.25) is 5.91 Å². The molecule has 0 bridgehead atoms. The Bertz CT molecular complexity index is 689. The average Bonchev–Trinajstić information content (AvgIpc) is 2.72. The molecule has 26 heavy (non-hydrogen) atoms. The Morgan fingerprint density at radius 1 is 1.12 bits per heavy atom. The second-order valence-electron chi connectivity index (χ2n) is 6.34. The van der Waals surface area contributed by atoms with Crippen LogP contribution in [0.25, 0.3) is 0 Å². The number of methoxy groups -OCH3 is 1. The molecule has 1 aromatic carbocycles. The van der Waals surface area contributed by atoms with Gasteiger partial charge in [0.05, 0.1) is 18.8 Å². The van der Waals surface area contributed by atoms with Crippen LogP contribution in [0.2, 0.25) is 0 Å². The van der Waals surface area contributed by atoms with E-state index in [9.17, 15) is 9.59 Å². The first-order chi connectivity index (χ1) is 12.7. The third-order valence-electron chi connectivity index (χ3n) is 4.70. The van der Waals surface area contributed by atoms with E-state index in [0.717, 1.165) is 11.3 Å². The van der Waals surface area contributed by atoms with Gasteiger partial charge >= 0.3 is 6.09 Å². The van der Waals surface area contributed by atoms with Gasteiger partial charge < -0.3 is 15.0 Å². The molecule has 1 aliphatic rings. The maximum atomic E-state index is 12.8. The standard InChI is InChI=1S/C20H23N3O3/c1-26-20(25)23-13-10-16(11-14-23)19(24)22-18(15-7-3-2-4-8-15)17-9-5-6-12-21-17/h2-9,12,16,18H,10-11,13-14H2,1H3,(H,22,24). The van der Waals surface area contributed by atoms with Crippen LogP contribution in [0.15, 0.2) is 54.7 Å². The molecule has 0 saturated carbocycles. The Balaban J connectivity index is 1.70. The lowest BCUT2D eigenvalue weighted by Crippen LogP contribution is -2.43. The highest BCUT2D eigenvalue weighted by molar-refractivity contribution is 5.80. The lowest BCUT2D eigenvalue weighted by Gasteiger charge is -2.31. The number of carbonyl (C=O) groups is 2. The molecule has 136 valence electrons. The summed E-state index contributed by atoms with van der Waals surface area (Å²) in [7, 11) is 1.37. The number of hydrogen-bond donors (Lipinski definition) is 1. The van der Waals surface area contributed by atoms with E-state index >= 15 is 0 Å². The Morgan fingerprint density at radius 2 is 1.81 bits per heavy atom. The second-order valence-corrected chi connectivity index (χ2v) is 6.34. The van der Waals surface area contributed by atoms with Gasteiger partial charge in [0, 0.05) is 25.2 Å². The fraction of sp³-hybridized carbons (Fsp3) is 0.350. The van der Waals surface area contributed by atoms with Crippen LogP contribution in [0.5, 0.6) is 0 Å². The molecule has 2 amide bonds. The first kappa shape index (κ1) is 17.9. The van der Waals surface area contributed by atoms with Crippen molar-refractivity contribution in [3.63, 3.8) is 0 Å². The molecule has 6 heteroatoms. The van der Waals surface area contributed by atoms with Gasteiger partial charge in [0.1, 0.15) is 0 Å². The van der Waals surface area contributed by atoms with E-state index in [-0.39, 0.29) is 24.0 Å². The van der Waals surface area contributed by atoms with Crippen molar-refractivity contribution in [3.05, 3.63) is 66.0 Å². The van der Waals surface area contributed by atoms with Crippen LogP contribution in [0.1, 0.15) is 30.1 Å². The fourth-order valence-corrected chi connectivity index (χ4v) is 3.23. The molecular weight excluding hydrogens is 330 g/mol. The molecule has 1 unspecified atom stereocenters. The van der Waals surface area contributed by atoms with Crippen molar-refractivity contribution in [3.8, 4) is 0 Å². The smallest absolute Gasteiger partial charge is 0.409 e. The molecule has 1 fully saturated rings. The third kappa shape index (κ3) is 4.20. The van der Waals surface area contributed by atoms with Crippen molar-refractivity contribution in [2.45, 2.75) is 18.9 Å². The number of nitrogens with one attached hydrogen (secondary N) is 1. The molecule has 0 spiro atoms. The molecular formula is C20H23N3O3. The van der Waals surface area contributed by atoms with Gasteiger partial charge in [-0.15, -0.1) is 0 Å². The van der Waals surface area contributed by atoms with E-state index in [2.05, 4.69) is 10.3 Å². The third-order valence-corrected chi connectivity index (χ3v) is 4.70. The monoisotopic (exact) mass is 353 g/mol. The molecule has 2 aromatic rings. The van der Waals surface area contributed by atoms with E-state index in [1.165, 1.54) is 7.11 Å². The number of rotatable bonds is 4. The zero-order valence-electron chi connectivity index (χ0n) is 14.8. The first-order valence-electron chi connectivity index (χ1n) is 8.78. The van der Waals surface area contributed by atoms with Gasteiger partial charge in [-0.25, -0.2) is 4.79 Å². The predicted octanol–water partition coefficient (Wildman–Crippen LogP) is 2.77. The Labute approximate surface area is 153 Å². The minimum absolute atomic E-state index is 0.00554. The van der Waals surface area contributed by atoms with E-state index in [1.54, 1.807) is 11.1 Å². The summed E-state index contributed by atoms with van der Waals surface area (Å²) in [5, 5.41) is 3.14. The summed E-state index contributed by atoms with van der Waals surface area (Å²) >= 11 is 0. The van der Waals surface area contributed by atoms with E-state index in [4.69, 9.17) is 4.74 Å². The number of likely N-dealkylation sites (tertiary alicyclic amines) is 1. The van der Waals surface area contributed by atoms with Crippen molar-refractivity contribution < 1.29 is 14.3 Å². The molecule has 2 heterocycles. The Kier molecular flexibility index (Phi) is 5.84. The van der Waals surface area contributed by atoms with Gasteiger partial charge in [-0.05, 0) is 30.5 Å². The van der Waals surface area contributed by atoms with Crippen molar-refractivity contribution in [2.24, 2.45) is 5.92 Å². The average molecular weight is 353 g/mol. The lowest BCUT2D eigenvalue weighted by molar-refractivity contribution is -0.126. The molecule has 1 aliphatic heterocycles. The number of hydrogen-bond acceptors (Lipinski definition) is 4. The summed E-state index contributed by atoms with van der Waals surface area (Å²) in [6.07, 6.45) is 2.65. The molecule has 3 rings (SSSR count). The maximum absolute atomic E-state index is 12.8. The summed E-state index contributed by atoms with van der Waals surface area (Å²) in [4.78, 5) is 30.5. The van der Waals surface area contributed by atoms with E-state index in [0.29, 0.717) is 25.9 Å². The molecule has 0 aliphatic carbocycles. The highest BCUT2D eigenvalue weighted by atomic mass is 16.5. The zero-order chi connectivity index (χ0) is 18.4. The number of pyridine rings is 1. The fourth-order valence-electron chi connectivity index (χ4n) is 3.23. The molecule has 6 nitrogen and oxygen atoms in total. The Morgan fingerprint density at radius 3 is 2.42 bits per heavy atom. The summed E-state index contributed by atoms with van der Waals surface area (Å²) < 4.78 is 4.74. The quantitative estimate of drug-likeness (QED) is 0.917. The van der Waals surface area contributed by atoms with Crippen LogP contribution in [0, 0.1) is 5.92 Å². The maximum Gasteiger partial charge on any atom is 0.409 e. The number of amides is 2. The predicted molar refractivity (Wildman–Crippen MR) is 97.4 cm³/mol. The number of ether oxygens (including phenoxy) is 1.